The first-order valence-corrected chi connectivity index (χ1v) is 9.49. The second-order valence-corrected chi connectivity index (χ2v) is 6.87. The average Bonchev–Trinajstić information content (AvgIpc) is 2.65. The Balaban J connectivity index is 2.18. The normalized spacial score (nSPS) is 11.7. The van der Waals surface area contributed by atoms with Crippen molar-refractivity contribution in [3.8, 4) is 11.5 Å². The molecule has 2 aromatic carbocycles. The zero-order valence-electron chi connectivity index (χ0n) is 14.9. The number of hydrogen-bond acceptors (Lipinski definition) is 4. The molecule has 25 heavy (non-hydrogen) atoms. The van der Waals surface area contributed by atoms with E-state index in [1.54, 1.807) is 49.6 Å². The third-order valence-corrected chi connectivity index (χ3v) is 4.86. The van der Waals surface area contributed by atoms with Crippen LogP contribution < -0.4 is 9.47 Å². The predicted octanol–water partition coefficient (Wildman–Crippen LogP) is 3.10. The highest BCUT2D eigenvalue weighted by Crippen LogP contribution is 2.28. The molecule has 5 nitrogen and oxygen atoms in total. The van der Waals surface area contributed by atoms with Crippen LogP contribution in [-0.4, -0.2) is 42.0 Å². The number of carbonyl (C=O) groups is 1. The Kier molecular flexibility index (Phi) is 6.58. The maximum absolute atomic E-state index is 12.7. The van der Waals surface area contributed by atoms with Crippen molar-refractivity contribution in [3.63, 3.8) is 0 Å². The van der Waals surface area contributed by atoms with E-state index >= 15 is 0 Å². The summed E-state index contributed by atoms with van der Waals surface area (Å²) in [5, 5.41) is 0. The molecule has 0 aliphatic carbocycles. The van der Waals surface area contributed by atoms with Gasteiger partial charge in [-0.2, -0.15) is 0 Å². The molecular weight excluding hydrogens is 338 g/mol. The SMILES string of the molecule is CCN(Cc1ccc(OC)c(OC)c1)C(=O)c1ccc(S(C)=O)cc1. The molecule has 0 N–H and O–H groups in total. The standard InChI is InChI=1S/C19H23NO4S/c1-5-20(13-14-6-11-17(23-2)18(12-14)24-3)19(21)15-7-9-16(10-8-15)25(4)22/h6-12H,5,13H2,1-4H3. The van der Waals surface area contributed by atoms with Crippen LogP contribution in [0.15, 0.2) is 47.4 Å². The molecule has 0 fully saturated rings. The highest BCUT2D eigenvalue weighted by atomic mass is 32.2. The lowest BCUT2D eigenvalue weighted by molar-refractivity contribution is 0.0752. The second-order valence-electron chi connectivity index (χ2n) is 5.49. The first kappa shape index (κ1) is 19.0. The Hall–Kier alpha value is -2.34. The van der Waals surface area contributed by atoms with Crippen molar-refractivity contribution in [3.05, 3.63) is 53.6 Å². The fourth-order valence-electron chi connectivity index (χ4n) is 2.50. The van der Waals surface area contributed by atoms with Gasteiger partial charge in [0.05, 0.1) is 14.2 Å². The van der Waals surface area contributed by atoms with Crippen LogP contribution in [0.1, 0.15) is 22.8 Å². The van der Waals surface area contributed by atoms with Gasteiger partial charge in [0.1, 0.15) is 0 Å². The van der Waals surface area contributed by atoms with E-state index in [-0.39, 0.29) is 5.91 Å². The van der Waals surface area contributed by atoms with E-state index in [4.69, 9.17) is 9.47 Å². The summed E-state index contributed by atoms with van der Waals surface area (Å²) in [6.45, 7) is 2.99. The van der Waals surface area contributed by atoms with Gasteiger partial charge < -0.3 is 14.4 Å². The quantitative estimate of drug-likeness (QED) is 0.760. The minimum absolute atomic E-state index is 0.0641. The first-order chi connectivity index (χ1) is 12.0. The highest BCUT2D eigenvalue weighted by molar-refractivity contribution is 7.84. The zero-order chi connectivity index (χ0) is 18.4. The Morgan fingerprint density at radius 1 is 1.04 bits per heavy atom. The predicted molar refractivity (Wildman–Crippen MR) is 98.7 cm³/mol. The van der Waals surface area contributed by atoms with Crippen LogP contribution in [-0.2, 0) is 17.3 Å². The molecule has 0 aliphatic rings. The van der Waals surface area contributed by atoms with E-state index in [2.05, 4.69) is 0 Å². The molecule has 0 spiro atoms. The molecule has 1 amide bonds. The second kappa shape index (κ2) is 8.67. The van der Waals surface area contributed by atoms with E-state index in [1.165, 1.54) is 0 Å². The number of methoxy groups -OCH3 is 2. The summed E-state index contributed by atoms with van der Waals surface area (Å²) in [4.78, 5) is 15.2. The molecule has 0 bridgehead atoms. The number of carbonyl (C=O) groups excluding carboxylic acids is 1. The molecule has 0 heterocycles. The van der Waals surface area contributed by atoms with Crippen LogP contribution in [0.3, 0.4) is 0 Å². The van der Waals surface area contributed by atoms with Gasteiger partial charge in [0, 0.05) is 40.6 Å². The van der Waals surface area contributed by atoms with Gasteiger partial charge in [0.15, 0.2) is 11.5 Å². The molecule has 134 valence electrons. The summed E-state index contributed by atoms with van der Waals surface area (Å²) in [6, 6.07) is 12.5. The van der Waals surface area contributed by atoms with Gasteiger partial charge in [0.2, 0.25) is 0 Å². The molecule has 2 rings (SSSR count). The number of hydrogen-bond donors (Lipinski definition) is 0. The van der Waals surface area contributed by atoms with E-state index in [0.29, 0.717) is 35.0 Å². The summed E-state index contributed by atoms with van der Waals surface area (Å²) in [6.07, 6.45) is 1.62. The number of amides is 1. The summed E-state index contributed by atoms with van der Waals surface area (Å²) >= 11 is 0. The number of ether oxygens (including phenoxy) is 2. The molecule has 2 aromatic rings. The lowest BCUT2D eigenvalue weighted by Gasteiger charge is -2.22. The van der Waals surface area contributed by atoms with Crippen LogP contribution in [0.5, 0.6) is 11.5 Å². The van der Waals surface area contributed by atoms with Gasteiger partial charge in [-0.1, -0.05) is 6.07 Å². The third-order valence-electron chi connectivity index (χ3n) is 3.92. The summed E-state index contributed by atoms with van der Waals surface area (Å²) in [5.41, 5.74) is 1.54. The molecule has 1 atom stereocenters. The Labute approximate surface area is 151 Å². The van der Waals surface area contributed by atoms with E-state index in [1.807, 2.05) is 25.1 Å². The van der Waals surface area contributed by atoms with Crippen molar-refractivity contribution in [1.82, 2.24) is 4.90 Å². The minimum Gasteiger partial charge on any atom is -0.493 e. The number of nitrogens with zero attached hydrogens (tertiary/aromatic N) is 1. The van der Waals surface area contributed by atoms with Crippen molar-refractivity contribution in [2.45, 2.75) is 18.4 Å². The molecular formula is C19H23NO4S. The van der Waals surface area contributed by atoms with Gasteiger partial charge in [-0.15, -0.1) is 0 Å². The molecule has 0 saturated heterocycles. The fraction of sp³-hybridized carbons (Fsp3) is 0.316. The lowest BCUT2D eigenvalue weighted by atomic mass is 10.1. The van der Waals surface area contributed by atoms with Gasteiger partial charge in [0.25, 0.3) is 5.91 Å². The molecule has 6 heteroatoms. The van der Waals surface area contributed by atoms with Crippen molar-refractivity contribution < 1.29 is 18.5 Å². The number of benzene rings is 2. The smallest absolute Gasteiger partial charge is 0.254 e. The maximum Gasteiger partial charge on any atom is 0.254 e. The molecule has 0 radical (unpaired) electrons. The Morgan fingerprint density at radius 3 is 2.20 bits per heavy atom. The topological polar surface area (TPSA) is 55.8 Å². The van der Waals surface area contributed by atoms with Crippen LogP contribution in [0.2, 0.25) is 0 Å². The Bertz CT molecular complexity index is 759. The van der Waals surface area contributed by atoms with Crippen LogP contribution in [0.4, 0.5) is 0 Å². The first-order valence-electron chi connectivity index (χ1n) is 7.93. The van der Waals surface area contributed by atoms with E-state index in [9.17, 15) is 9.00 Å². The van der Waals surface area contributed by atoms with Crippen molar-refractivity contribution in [2.24, 2.45) is 0 Å². The van der Waals surface area contributed by atoms with E-state index < -0.39 is 10.8 Å². The number of rotatable bonds is 7. The monoisotopic (exact) mass is 361 g/mol. The van der Waals surface area contributed by atoms with Crippen LogP contribution in [0.25, 0.3) is 0 Å². The van der Waals surface area contributed by atoms with Crippen molar-refractivity contribution in [2.75, 3.05) is 27.0 Å². The highest BCUT2D eigenvalue weighted by Gasteiger charge is 2.16. The zero-order valence-corrected chi connectivity index (χ0v) is 15.8. The molecule has 0 saturated carbocycles. The fourth-order valence-corrected chi connectivity index (χ4v) is 3.02. The maximum atomic E-state index is 12.7. The minimum atomic E-state index is -1.05. The average molecular weight is 361 g/mol. The van der Waals surface area contributed by atoms with Gasteiger partial charge in [-0.05, 0) is 48.9 Å². The van der Waals surface area contributed by atoms with Crippen LogP contribution in [0, 0.1) is 0 Å². The molecule has 0 aliphatic heterocycles. The van der Waals surface area contributed by atoms with Crippen molar-refractivity contribution in [1.29, 1.82) is 0 Å². The van der Waals surface area contributed by atoms with Crippen molar-refractivity contribution >= 4 is 16.7 Å². The van der Waals surface area contributed by atoms with E-state index in [0.717, 1.165) is 5.56 Å². The third kappa shape index (κ3) is 4.60. The molecule has 0 aromatic heterocycles. The van der Waals surface area contributed by atoms with Gasteiger partial charge in [-0.25, -0.2) is 0 Å². The van der Waals surface area contributed by atoms with Gasteiger partial charge in [-0.3, -0.25) is 9.00 Å². The molecule has 1 unspecified atom stereocenters. The van der Waals surface area contributed by atoms with Crippen LogP contribution >= 0.6 is 0 Å². The Morgan fingerprint density at radius 2 is 1.68 bits per heavy atom. The summed E-state index contributed by atoms with van der Waals surface area (Å²) < 4.78 is 22.0. The summed E-state index contributed by atoms with van der Waals surface area (Å²) in [5.74, 6) is 1.23. The summed E-state index contributed by atoms with van der Waals surface area (Å²) in [7, 11) is 2.12. The largest absolute Gasteiger partial charge is 0.493 e. The van der Waals surface area contributed by atoms with Gasteiger partial charge >= 0.3 is 0 Å². The lowest BCUT2D eigenvalue weighted by Crippen LogP contribution is -2.30.